The van der Waals surface area contributed by atoms with Gasteiger partial charge >= 0.3 is 0 Å². The van der Waals surface area contributed by atoms with Crippen molar-refractivity contribution in [2.45, 2.75) is 18.9 Å². The molecule has 0 spiro atoms. The Hall–Kier alpha value is -3.58. The monoisotopic (exact) mass is 461 g/mol. The van der Waals surface area contributed by atoms with Crippen molar-refractivity contribution < 1.29 is 13.2 Å². The Morgan fingerprint density at radius 1 is 0.879 bits per heavy atom. The van der Waals surface area contributed by atoms with E-state index in [4.69, 9.17) is 0 Å². The van der Waals surface area contributed by atoms with Gasteiger partial charge in [-0.2, -0.15) is 0 Å². The molecule has 1 heterocycles. The van der Waals surface area contributed by atoms with E-state index in [2.05, 4.69) is 34.3 Å². The zero-order valence-corrected chi connectivity index (χ0v) is 19.3. The molecule has 0 radical (unpaired) electrons. The van der Waals surface area contributed by atoms with Crippen LogP contribution in [-0.2, 0) is 21.4 Å². The van der Waals surface area contributed by atoms with Crippen LogP contribution in [0.3, 0.4) is 0 Å². The highest BCUT2D eigenvalue weighted by molar-refractivity contribution is 7.92. The fraction of sp³-hybridized carbons (Fsp3) is 0.192. The van der Waals surface area contributed by atoms with Crippen LogP contribution in [-0.4, -0.2) is 31.7 Å². The maximum Gasteiger partial charge on any atom is 0.239 e. The maximum atomic E-state index is 12.7. The van der Waals surface area contributed by atoms with Crippen LogP contribution in [0, 0.1) is 0 Å². The number of anilines is 1. The third-order valence-corrected chi connectivity index (χ3v) is 6.17. The average molecular weight is 462 g/mol. The predicted octanol–water partition coefficient (Wildman–Crippen LogP) is 4.35. The molecule has 2 N–H and O–H groups in total. The Morgan fingerprint density at radius 3 is 2.12 bits per heavy atom. The Labute approximate surface area is 194 Å². The summed E-state index contributed by atoms with van der Waals surface area (Å²) < 4.78 is 27.6. The molecule has 4 aromatic rings. The molecule has 0 aliphatic heterocycles. The van der Waals surface area contributed by atoms with E-state index in [1.807, 2.05) is 53.1 Å². The summed E-state index contributed by atoms with van der Waals surface area (Å²) in [5.74, 6) is 0.110. The van der Waals surface area contributed by atoms with Gasteiger partial charge in [-0.3, -0.25) is 9.52 Å². The van der Waals surface area contributed by atoms with Crippen molar-refractivity contribution in [2.24, 2.45) is 0 Å². The zero-order valence-electron chi connectivity index (χ0n) is 18.4. The number of nitrogens with one attached hydrogen (secondary N) is 2. The lowest BCUT2D eigenvalue weighted by molar-refractivity contribution is -0.121. The van der Waals surface area contributed by atoms with Gasteiger partial charge in [-0.15, -0.1) is 0 Å². The molecule has 6 nitrogen and oxygen atoms in total. The summed E-state index contributed by atoms with van der Waals surface area (Å²) in [6, 6.07) is 27.8. The molecular formula is C26H27N3O3S. The lowest BCUT2D eigenvalue weighted by Crippen LogP contribution is -2.29. The van der Waals surface area contributed by atoms with Crippen LogP contribution in [0.1, 0.15) is 23.5 Å². The Balaban J connectivity index is 1.42. The zero-order chi connectivity index (χ0) is 23.3. The number of fused-ring (bicyclic) bond motifs is 1. The summed E-state index contributed by atoms with van der Waals surface area (Å²) in [5, 5.41) is 3.79. The molecule has 0 fully saturated rings. The number of amides is 1. The summed E-state index contributed by atoms with van der Waals surface area (Å²) in [4.78, 5) is 12.7. The van der Waals surface area contributed by atoms with Gasteiger partial charge in [-0.05, 0) is 35.7 Å². The Kier molecular flexibility index (Phi) is 6.79. The standard InChI is InChI=1S/C26H27N3O3S/c1-33(31,32)28-24-13-8-14-25-23(24)16-18-29(25)19-26(30)27-17-15-22(20-9-4-2-5-10-20)21-11-6-3-7-12-21/h2-14,16,18,22,28H,15,17,19H2,1H3,(H,27,30). The quantitative estimate of drug-likeness (QED) is 0.389. The minimum absolute atomic E-state index is 0.0890. The van der Waals surface area contributed by atoms with E-state index in [1.165, 1.54) is 11.1 Å². The second kappa shape index (κ2) is 9.92. The van der Waals surface area contributed by atoms with Gasteiger partial charge in [-0.25, -0.2) is 8.42 Å². The first-order chi connectivity index (χ1) is 15.9. The van der Waals surface area contributed by atoms with Gasteiger partial charge in [0, 0.05) is 24.0 Å². The van der Waals surface area contributed by atoms with Crippen LogP contribution < -0.4 is 10.0 Å². The first-order valence-corrected chi connectivity index (χ1v) is 12.7. The minimum atomic E-state index is -3.39. The first-order valence-electron chi connectivity index (χ1n) is 10.8. The van der Waals surface area contributed by atoms with Gasteiger partial charge < -0.3 is 9.88 Å². The van der Waals surface area contributed by atoms with Crippen LogP contribution >= 0.6 is 0 Å². The van der Waals surface area contributed by atoms with E-state index in [1.54, 1.807) is 18.3 Å². The second-order valence-electron chi connectivity index (χ2n) is 8.07. The minimum Gasteiger partial charge on any atom is -0.355 e. The van der Waals surface area contributed by atoms with Crippen molar-refractivity contribution in [1.82, 2.24) is 9.88 Å². The molecule has 7 heteroatoms. The van der Waals surface area contributed by atoms with Crippen LogP contribution in [0.15, 0.2) is 91.1 Å². The van der Waals surface area contributed by atoms with Gasteiger partial charge in [0.1, 0.15) is 6.54 Å². The van der Waals surface area contributed by atoms with Gasteiger partial charge in [0.15, 0.2) is 0 Å². The number of benzene rings is 3. The van der Waals surface area contributed by atoms with Crippen molar-refractivity contribution in [1.29, 1.82) is 0 Å². The Morgan fingerprint density at radius 2 is 1.52 bits per heavy atom. The first kappa shape index (κ1) is 22.6. The SMILES string of the molecule is CS(=O)(=O)Nc1cccc2c1ccn2CC(=O)NCCC(c1ccccc1)c1ccccc1. The lowest BCUT2D eigenvalue weighted by atomic mass is 9.88. The van der Waals surface area contributed by atoms with Gasteiger partial charge in [0.2, 0.25) is 15.9 Å². The Bertz CT molecular complexity index is 1290. The number of hydrogen-bond donors (Lipinski definition) is 2. The van der Waals surface area contributed by atoms with E-state index >= 15 is 0 Å². The van der Waals surface area contributed by atoms with Crippen molar-refractivity contribution in [3.05, 3.63) is 102 Å². The molecule has 0 bridgehead atoms. The number of sulfonamides is 1. The average Bonchev–Trinajstić information content (AvgIpc) is 3.21. The van der Waals surface area contributed by atoms with Gasteiger partial charge in [-0.1, -0.05) is 66.7 Å². The number of hydrogen-bond acceptors (Lipinski definition) is 3. The van der Waals surface area contributed by atoms with Crippen LogP contribution in [0.5, 0.6) is 0 Å². The highest BCUT2D eigenvalue weighted by atomic mass is 32.2. The smallest absolute Gasteiger partial charge is 0.239 e. The fourth-order valence-electron chi connectivity index (χ4n) is 4.11. The molecule has 1 aromatic heterocycles. The number of carbonyl (C=O) groups excluding carboxylic acids is 1. The van der Waals surface area contributed by atoms with E-state index in [9.17, 15) is 13.2 Å². The number of nitrogens with zero attached hydrogens (tertiary/aromatic N) is 1. The molecule has 0 saturated heterocycles. The third kappa shape index (κ3) is 5.81. The molecule has 33 heavy (non-hydrogen) atoms. The van der Waals surface area contributed by atoms with E-state index < -0.39 is 10.0 Å². The van der Waals surface area contributed by atoms with Crippen LogP contribution in [0.25, 0.3) is 10.9 Å². The molecule has 3 aromatic carbocycles. The molecule has 0 aliphatic carbocycles. The fourth-order valence-corrected chi connectivity index (χ4v) is 4.69. The summed E-state index contributed by atoms with van der Waals surface area (Å²) >= 11 is 0. The molecule has 0 aliphatic rings. The van der Waals surface area contributed by atoms with Crippen molar-refractivity contribution >= 4 is 32.5 Å². The lowest BCUT2D eigenvalue weighted by Gasteiger charge is -2.18. The maximum absolute atomic E-state index is 12.7. The molecule has 1 amide bonds. The molecule has 0 saturated carbocycles. The second-order valence-corrected chi connectivity index (χ2v) is 9.82. The van der Waals surface area contributed by atoms with Gasteiger partial charge in [0.25, 0.3) is 0 Å². The number of aromatic nitrogens is 1. The summed E-state index contributed by atoms with van der Waals surface area (Å²) in [7, 11) is -3.39. The molecule has 0 atom stereocenters. The topological polar surface area (TPSA) is 80.2 Å². The van der Waals surface area contributed by atoms with E-state index in [-0.39, 0.29) is 18.4 Å². The van der Waals surface area contributed by atoms with Crippen LogP contribution in [0.4, 0.5) is 5.69 Å². The molecule has 4 rings (SSSR count). The molecule has 170 valence electrons. The van der Waals surface area contributed by atoms with Gasteiger partial charge in [0.05, 0.1) is 17.5 Å². The highest BCUT2D eigenvalue weighted by Gasteiger charge is 2.15. The van der Waals surface area contributed by atoms with E-state index in [0.29, 0.717) is 12.2 Å². The van der Waals surface area contributed by atoms with E-state index in [0.717, 1.165) is 23.6 Å². The third-order valence-electron chi connectivity index (χ3n) is 5.58. The van der Waals surface area contributed by atoms with Crippen molar-refractivity contribution in [3.63, 3.8) is 0 Å². The number of rotatable bonds is 9. The summed E-state index contributed by atoms with van der Waals surface area (Å²) in [6.07, 6.45) is 3.71. The van der Waals surface area contributed by atoms with Crippen molar-refractivity contribution in [3.8, 4) is 0 Å². The predicted molar refractivity (Wildman–Crippen MR) is 133 cm³/mol. The largest absolute Gasteiger partial charge is 0.355 e. The van der Waals surface area contributed by atoms with Crippen molar-refractivity contribution in [2.75, 3.05) is 17.5 Å². The molecular weight excluding hydrogens is 434 g/mol. The summed E-state index contributed by atoms with van der Waals surface area (Å²) in [5.41, 5.74) is 3.74. The van der Waals surface area contributed by atoms with Crippen LogP contribution in [0.2, 0.25) is 0 Å². The number of carbonyl (C=O) groups is 1. The highest BCUT2D eigenvalue weighted by Crippen LogP contribution is 2.28. The molecule has 0 unspecified atom stereocenters. The summed E-state index contributed by atoms with van der Waals surface area (Å²) in [6.45, 7) is 0.709. The normalized spacial score (nSPS) is 11.6.